The van der Waals surface area contributed by atoms with Crippen LogP contribution in [-0.2, 0) is 5.16 Å². The first-order valence-corrected chi connectivity index (χ1v) is 17.4. The van der Waals surface area contributed by atoms with Gasteiger partial charge in [-0.05, 0) is 82.4 Å². The summed E-state index contributed by atoms with van der Waals surface area (Å²) in [4.78, 5) is 0. The highest BCUT2D eigenvalue weighted by Gasteiger charge is 2.28. The van der Waals surface area contributed by atoms with E-state index < -0.39 is 0 Å². The van der Waals surface area contributed by atoms with Crippen LogP contribution in [0.1, 0.15) is 44.0 Å². The summed E-state index contributed by atoms with van der Waals surface area (Å²) in [6.07, 6.45) is 0.917. The van der Waals surface area contributed by atoms with Gasteiger partial charge in [0.05, 0.1) is 17.6 Å². The van der Waals surface area contributed by atoms with E-state index >= 15 is 0 Å². The lowest BCUT2D eigenvalue weighted by atomic mass is 9.92. The van der Waals surface area contributed by atoms with Gasteiger partial charge in [-0.3, -0.25) is 0 Å². The molecule has 0 aliphatic carbocycles. The minimum absolute atomic E-state index is 0.180. The van der Waals surface area contributed by atoms with Gasteiger partial charge in [0.1, 0.15) is 11.5 Å². The number of hydrogen-bond acceptors (Lipinski definition) is 2. The second-order valence-corrected chi connectivity index (χ2v) is 14.9. The van der Waals surface area contributed by atoms with Gasteiger partial charge >= 0.3 is 0 Å². The molecule has 4 unspecified atom stereocenters. The maximum atomic E-state index is 6.88. The predicted octanol–water partition coefficient (Wildman–Crippen LogP) is 13.0. The molecule has 6 heteroatoms. The van der Waals surface area contributed by atoms with Gasteiger partial charge in [-0.25, -0.2) is 0 Å². The van der Waals surface area contributed by atoms with Crippen LogP contribution in [0.3, 0.4) is 0 Å². The fraction of sp³-hybridized carbons (Fsp3) is 0.158. The lowest BCUT2D eigenvalue weighted by Gasteiger charge is -2.29. The van der Waals surface area contributed by atoms with E-state index in [0.717, 1.165) is 66.2 Å². The molecule has 6 aromatic carbocycles. The number of rotatable bonds is 10. The van der Waals surface area contributed by atoms with E-state index in [0.29, 0.717) is 0 Å². The van der Waals surface area contributed by atoms with Crippen LogP contribution >= 0.6 is 40.8 Å². The molecule has 6 rings (SSSR count). The predicted molar refractivity (Wildman–Crippen MR) is 194 cm³/mol. The second-order valence-electron chi connectivity index (χ2n) is 11.2. The molecular formula is C38H34Cl2O2P2. The van der Waals surface area contributed by atoms with E-state index in [9.17, 15) is 0 Å². The normalized spacial score (nSPS) is 14.0. The van der Waals surface area contributed by atoms with Crippen molar-refractivity contribution in [3.8, 4) is 22.6 Å². The average Bonchev–Trinajstić information content (AvgIpc) is 3.05. The molecule has 0 saturated carbocycles. The van der Waals surface area contributed by atoms with Crippen LogP contribution in [0.2, 0.25) is 10.0 Å². The fourth-order valence-corrected chi connectivity index (χ4v) is 7.62. The van der Waals surface area contributed by atoms with Crippen molar-refractivity contribution >= 4 is 62.4 Å². The van der Waals surface area contributed by atoms with Crippen LogP contribution in [0, 0.1) is 0 Å². The van der Waals surface area contributed by atoms with Gasteiger partial charge < -0.3 is 9.05 Å². The second kappa shape index (κ2) is 13.5. The van der Waals surface area contributed by atoms with Crippen molar-refractivity contribution in [1.82, 2.24) is 0 Å². The van der Waals surface area contributed by atoms with E-state index in [-0.39, 0.29) is 28.4 Å². The molecule has 0 fully saturated rings. The van der Waals surface area contributed by atoms with Crippen molar-refractivity contribution in [3.05, 3.63) is 142 Å². The van der Waals surface area contributed by atoms with Crippen molar-refractivity contribution in [2.75, 3.05) is 0 Å². The largest absolute Gasteiger partial charge is 0.476 e. The minimum Gasteiger partial charge on any atom is -0.476 e. The van der Waals surface area contributed by atoms with E-state index in [1.807, 2.05) is 30.3 Å². The molecule has 0 aromatic heterocycles. The minimum atomic E-state index is -0.195. The lowest BCUT2D eigenvalue weighted by Crippen LogP contribution is -2.15. The Balaban J connectivity index is 1.46. The Morgan fingerprint density at radius 2 is 1.23 bits per heavy atom. The summed E-state index contributed by atoms with van der Waals surface area (Å²) in [7, 11) is 0.385. The summed E-state index contributed by atoms with van der Waals surface area (Å²) in [6, 6.07) is 41.7. The van der Waals surface area contributed by atoms with Gasteiger partial charge in [-0.1, -0.05) is 122 Å². The molecule has 4 atom stereocenters. The highest BCUT2D eigenvalue weighted by Crippen LogP contribution is 2.52. The molecule has 0 bridgehead atoms. The Morgan fingerprint density at radius 1 is 0.659 bits per heavy atom. The summed E-state index contributed by atoms with van der Waals surface area (Å²) in [5.74, 6) is 1.68. The molecule has 0 N–H and O–H groups in total. The van der Waals surface area contributed by atoms with E-state index in [4.69, 9.17) is 32.2 Å². The smallest absolute Gasteiger partial charge is 0.131 e. The van der Waals surface area contributed by atoms with Crippen molar-refractivity contribution in [2.45, 2.75) is 38.0 Å². The molecular weight excluding hydrogens is 621 g/mol. The molecule has 0 saturated heterocycles. The quantitative estimate of drug-likeness (QED) is 0.137. The maximum Gasteiger partial charge on any atom is 0.131 e. The third-order valence-electron chi connectivity index (χ3n) is 8.28. The van der Waals surface area contributed by atoms with Crippen molar-refractivity contribution in [1.29, 1.82) is 0 Å². The van der Waals surface area contributed by atoms with Crippen molar-refractivity contribution < 1.29 is 9.05 Å². The number of hydrogen-bond donors (Lipinski definition) is 0. The Bertz CT molecular complexity index is 1940. The van der Waals surface area contributed by atoms with Crippen molar-refractivity contribution in [2.24, 2.45) is 0 Å². The topological polar surface area (TPSA) is 18.5 Å². The Kier molecular flexibility index (Phi) is 9.46. The summed E-state index contributed by atoms with van der Waals surface area (Å²) in [5, 5.41) is 5.84. The van der Waals surface area contributed by atoms with Gasteiger partial charge in [-0.2, -0.15) is 0 Å². The van der Waals surface area contributed by atoms with Gasteiger partial charge in [0, 0.05) is 32.0 Å². The van der Waals surface area contributed by atoms with Gasteiger partial charge in [-0.15, -0.1) is 0 Å². The number of fused-ring (bicyclic) bond motifs is 2. The highest BCUT2D eigenvalue weighted by atomic mass is 35.5. The lowest BCUT2D eigenvalue weighted by molar-refractivity contribution is 0.560. The highest BCUT2D eigenvalue weighted by molar-refractivity contribution is 7.34. The summed E-state index contributed by atoms with van der Waals surface area (Å²) >= 11 is 12.7. The van der Waals surface area contributed by atoms with Crippen LogP contribution in [0.5, 0.6) is 11.5 Å². The summed E-state index contributed by atoms with van der Waals surface area (Å²) in [5.41, 5.74) is 4.62. The molecule has 0 heterocycles. The monoisotopic (exact) mass is 654 g/mol. The molecule has 222 valence electrons. The van der Waals surface area contributed by atoms with E-state index in [1.54, 1.807) is 0 Å². The third-order valence-corrected chi connectivity index (χ3v) is 11.2. The molecule has 0 aliphatic heterocycles. The first-order chi connectivity index (χ1) is 21.4. The molecule has 2 nitrogen and oxygen atoms in total. The zero-order valence-electron chi connectivity index (χ0n) is 24.9. The average molecular weight is 656 g/mol. The van der Waals surface area contributed by atoms with Gasteiger partial charge in [0.2, 0.25) is 0 Å². The Morgan fingerprint density at radius 3 is 1.82 bits per heavy atom. The standard InChI is InChI=1S/C38H34Cl2O2P2/c1-4-38(3,29-14-10-16-31(40)24-29)44-42-35-22-20-27-12-6-8-18-33(27)37(35)36-32-17-7-5-11-26(32)19-21-34(36)41-43-25(2)28-13-9-15-30(39)23-28/h5-25,43-44H,4H2,1-3H3. The van der Waals surface area contributed by atoms with E-state index in [1.165, 1.54) is 5.56 Å². The first-order valence-electron chi connectivity index (χ1n) is 14.8. The van der Waals surface area contributed by atoms with E-state index in [2.05, 4.69) is 112 Å². The SMILES string of the molecule is CCC(C)(POc1ccc2ccccc2c1-c1c(OPC(C)c2cccc(Cl)c2)ccc2ccccc12)c1cccc(Cl)c1. The number of benzene rings is 6. The number of halogens is 2. The summed E-state index contributed by atoms with van der Waals surface area (Å²) in [6.45, 7) is 6.64. The summed E-state index contributed by atoms with van der Waals surface area (Å²) < 4.78 is 13.6. The van der Waals surface area contributed by atoms with Crippen LogP contribution < -0.4 is 9.05 Å². The molecule has 44 heavy (non-hydrogen) atoms. The van der Waals surface area contributed by atoms with Gasteiger partial charge in [0.15, 0.2) is 0 Å². The third kappa shape index (κ3) is 6.47. The molecule has 6 aromatic rings. The fourth-order valence-electron chi connectivity index (χ4n) is 5.52. The van der Waals surface area contributed by atoms with Crippen LogP contribution in [0.15, 0.2) is 121 Å². The molecule has 0 amide bonds. The van der Waals surface area contributed by atoms with Crippen LogP contribution in [-0.4, -0.2) is 0 Å². The molecule has 0 aliphatic rings. The van der Waals surface area contributed by atoms with Crippen molar-refractivity contribution in [3.63, 3.8) is 0 Å². The zero-order chi connectivity index (χ0) is 30.7. The van der Waals surface area contributed by atoms with Crippen LogP contribution in [0.25, 0.3) is 32.7 Å². The van der Waals surface area contributed by atoms with Gasteiger partial charge in [0.25, 0.3) is 0 Å². The zero-order valence-corrected chi connectivity index (χ0v) is 28.4. The Labute approximate surface area is 273 Å². The van der Waals surface area contributed by atoms with Crippen LogP contribution in [0.4, 0.5) is 0 Å². The molecule has 0 spiro atoms. The Hall–Kier alpha value is -3.12. The first kappa shape index (κ1) is 30.9. The maximum absolute atomic E-state index is 6.88. The molecule has 0 radical (unpaired) electrons.